The SMILES string of the molecule is OC(CNC1CC=CC1)COc1ccccc1Cl. The smallest absolute Gasteiger partial charge is 0.138 e. The molecule has 0 saturated heterocycles. The number of ether oxygens (including phenoxy) is 1. The third kappa shape index (κ3) is 4.02. The van der Waals surface area contributed by atoms with E-state index in [9.17, 15) is 5.11 Å². The van der Waals surface area contributed by atoms with Gasteiger partial charge in [-0.2, -0.15) is 0 Å². The molecular weight excluding hydrogens is 250 g/mol. The number of hydrogen-bond acceptors (Lipinski definition) is 3. The molecule has 0 radical (unpaired) electrons. The van der Waals surface area contributed by atoms with Gasteiger partial charge in [-0.15, -0.1) is 0 Å². The molecule has 0 aliphatic heterocycles. The number of para-hydroxylation sites is 1. The molecule has 98 valence electrons. The molecule has 0 bridgehead atoms. The van der Waals surface area contributed by atoms with Crippen LogP contribution >= 0.6 is 11.6 Å². The molecule has 3 nitrogen and oxygen atoms in total. The molecule has 2 rings (SSSR count). The number of nitrogens with one attached hydrogen (secondary N) is 1. The number of benzene rings is 1. The van der Waals surface area contributed by atoms with E-state index in [1.807, 2.05) is 12.1 Å². The summed E-state index contributed by atoms with van der Waals surface area (Å²) in [6.07, 6.45) is 5.87. The quantitative estimate of drug-likeness (QED) is 0.778. The van der Waals surface area contributed by atoms with E-state index in [-0.39, 0.29) is 6.61 Å². The van der Waals surface area contributed by atoms with Crippen LogP contribution < -0.4 is 10.1 Å². The minimum Gasteiger partial charge on any atom is -0.489 e. The van der Waals surface area contributed by atoms with Crippen molar-refractivity contribution in [2.45, 2.75) is 25.0 Å². The van der Waals surface area contributed by atoms with Crippen molar-refractivity contribution >= 4 is 11.6 Å². The zero-order valence-electron chi connectivity index (χ0n) is 10.2. The Kier molecular flexibility index (Phi) is 5.05. The lowest BCUT2D eigenvalue weighted by molar-refractivity contribution is 0.104. The maximum atomic E-state index is 9.81. The van der Waals surface area contributed by atoms with Gasteiger partial charge in [0, 0.05) is 12.6 Å². The Morgan fingerprint density at radius 2 is 2.06 bits per heavy atom. The predicted molar refractivity (Wildman–Crippen MR) is 73.1 cm³/mol. The van der Waals surface area contributed by atoms with Crippen molar-refractivity contribution in [2.75, 3.05) is 13.2 Å². The molecule has 0 heterocycles. The fourth-order valence-electron chi connectivity index (χ4n) is 1.89. The monoisotopic (exact) mass is 267 g/mol. The Morgan fingerprint density at radius 1 is 1.33 bits per heavy atom. The fraction of sp³-hybridized carbons (Fsp3) is 0.429. The highest BCUT2D eigenvalue weighted by atomic mass is 35.5. The Balaban J connectivity index is 1.68. The molecule has 1 aliphatic carbocycles. The molecule has 0 aromatic heterocycles. The van der Waals surface area contributed by atoms with Gasteiger partial charge in [0.15, 0.2) is 0 Å². The fourth-order valence-corrected chi connectivity index (χ4v) is 2.08. The molecule has 1 aromatic rings. The van der Waals surface area contributed by atoms with Gasteiger partial charge in [0.2, 0.25) is 0 Å². The molecule has 1 unspecified atom stereocenters. The van der Waals surface area contributed by atoms with E-state index >= 15 is 0 Å². The molecule has 0 spiro atoms. The second-order valence-electron chi connectivity index (χ2n) is 4.44. The van der Waals surface area contributed by atoms with E-state index in [4.69, 9.17) is 16.3 Å². The standard InChI is InChI=1S/C14H18ClNO2/c15-13-7-3-4-8-14(13)18-10-12(17)9-16-11-5-1-2-6-11/h1-4,7-8,11-12,16-17H,5-6,9-10H2. The van der Waals surface area contributed by atoms with Gasteiger partial charge in [0.25, 0.3) is 0 Å². The van der Waals surface area contributed by atoms with Crippen LogP contribution in [0.15, 0.2) is 36.4 Å². The first-order valence-electron chi connectivity index (χ1n) is 6.19. The summed E-state index contributed by atoms with van der Waals surface area (Å²) < 4.78 is 5.48. The topological polar surface area (TPSA) is 41.5 Å². The highest BCUT2D eigenvalue weighted by Gasteiger charge is 2.12. The van der Waals surface area contributed by atoms with Crippen LogP contribution in [0.1, 0.15) is 12.8 Å². The first kappa shape index (κ1) is 13.4. The predicted octanol–water partition coefficient (Wildman–Crippen LogP) is 2.39. The number of aliphatic hydroxyl groups is 1. The minimum atomic E-state index is -0.526. The summed E-state index contributed by atoms with van der Waals surface area (Å²) in [6, 6.07) is 7.73. The highest BCUT2D eigenvalue weighted by molar-refractivity contribution is 6.32. The number of rotatable bonds is 6. The largest absolute Gasteiger partial charge is 0.489 e. The van der Waals surface area contributed by atoms with Gasteiger partial charge in [-0.3, -0.25) is 0 Å². The summed E-state index contributed by atoms with van der Waals surface area (Å²) in [4.78, 5) is 0. The lowest BCUT2D eigenvalue weighted by Gasteiger charge is -2.17. The summed E-state index contributed by atoms with van der Waals surface area (Å²) in [7, 11) is 0. The minimum absolute atomic E-state index is 0.247. The van der Waals surface area contributed by atoms with Gasteiger partial charge < -0.3 is 15.2 Å². The van der Waals surface area contributed by atoms with Crippen molar-refractivity contribution in [3.8, 4) is 5.75 Å². The van der Waals surface area contributed by atoms with Gasteiger partial charge >= 0.3 is 0 Å². The molecule has 0 saturated carbocycles. The second-order valence-corrected chi connectivity index (χ2v) is 4.85. The van der Waals surface area contributed by atoms with Crippen molar-refractivity contribution in [1.29, 1.82) is 0 Å². The molecule has 2 N–H and O–H groups in total. The maximum Gasteiger partial charge on any atom is 0.138 e. The third-order valence-corrected chi connectivity index (χ3v) is 3.23. The van der Waals surface area contributed by atoms with Crippen molar-refractivity contribution in [3.05, 3.63) is 41.4 Å². The number of hydrogen-bond donors (Lipinski definition) is 2. The molecular formula is C14H18ClNO2. The Hall–Kier alpha value is -1.03. The van der Waals surface area contributed by atoms with E-state index < -0.39 is 6.10 Å². The van der Waals surface area contributed by atoms with E-state index in [0.717, 1.165) is 12.8 Å². The van der Waals surface area contributed by atoms with Gasteiger partial charge in [0.05, 0.1) is 5.02 Å². The van der Waals surface area contributed by atoms with Gasteiger partial charge in [-0.25, -0.2) is 0 Å². The van der Waals surface area contributed by atoms with E-state index in [2.05, 4.69) is 17.5 Å². The normalized spacial score (nSPS) is 17.0. The summed E-state index contributed by atoms with van der Waals surface area (Å²) in [5, 5.41) is 13.7. The van der Waals surface area contributed by atoms with Crippen molar-refractivity contribution in [2.24, 2.45) is 0 Å². The van der Waals surface area contributed by atoms with E-state index in [1.54, 1.807) is 12.1 Å². The average Bonchev–Trinajstić information content (AvgIpc) is 2.88. The molecule has 18 heavy (non-hydrogen) atoms. The van der Waals surface area contributed by atoms with Crippen LogP contribution in [-0.2, 0) is 0 Å². The van der Waals surface area contributed by atoms with Crippen LogP contribution in [0.5, 0.6) is 5.75 Å². The van der Waals surface area contributed by atoms with Crippen LogP contribution in [0.25, 0.3) is 0 Å². The molecule has 0 fully saturated rings. The van der Waals surface area contributed by atoms with E-state index in [1.165, 1.54) is 0 Å². The number of aliphatic hydroxyl groups excluding tert-OH is 1. The molecule has 4 heteroatoms. The maximum absolute atomic E-state index is 9.81. The van der Waals surface area contributed by atoms with Gasteiger partial charge in [-0.05, 0) is 25.0 Å². The van der Waals surface area contributed by atoms with Crippen LogP contribution in [-0.4, -0.2) is 30.4 Å². The summed E-state index contributed by atoms with van der Waals surface area (Å²) in [5.41, 5.74) is 0. The van der Waals surface area contributed by atoms with Crippen LogP contribution in [0.2, 0.25) is 5.02 Å². The van der Waals surface area contributed by atoms with Crippen LogP contribution in [0.4, 0.5) is 0 Å². The number of halogens is 1. The van der Waals surface area contributed by atoms with Crippen molar-refractivity contribution < 1.29 is 9.84 Å². The summed E-state index contributed by atoms with van der Waals surface area (Å²) >= 11 is 5.96. The Morgan fingerprint density at radius 3 is 2.78 bits per heavy atom. The molecule has 1 atom stereocenters. The molecule has 0 amide bonds. The van der Waals surface area contributed by atoms with Crippen LogP contribution in [0.3, 0.4) is 0 Å². The van der Waals surface area contributed by atoms with Crippen molar-refractivity contribution in [3.63, 3.8) is 0 Å². The molecule has 1 aromatic carbocycles. The Bertz CT molecular complexity index is 401. The lowest BCUT2D eigenvalue weighted by Crippen LogP contribution is -2.36. The zero-order valence-corrected chi connectivity index (χ0v) is 10.9. The second kappa shape index (κ2) is 6.78. The van der Waals surface area contributed by atoms with E-state index in [0.29, 0.717) is 23.4 Å². The Labute approximate surface area is 112 Å². The van der Waals surface area contributed by atoms with Gasteiger partial charge in [0.1, 0.15) is 18.5 Å². The summed E-state index contributed by atoms with van der Waals surface area (Å²) in [6.45, 7) is 0.785. The van der Waals surface area contributed by atoms with Crippen molar-refractivity contribution in [1.82, 2.24) is 5.32 Å². The third-order valence-electron chi connectivity index (χ3n) is 2.92. The summed E-state index contributed by atoms with van der Waals surface area (Å²) in [5.74, 6) is 0.612. The zero-order chi connectivity index (χ0) is 12.8. The highest BCUT2D eigenvalue weighted by Crippen LogP contribution is 2.23. The first-order valence-corrected chi connectivity index (χ1v) is 6.57. The van der Waals surface area contributed by atoms with Crippen LogP contribution in [0, 0.1) is 0 Å². The van der Waals surface area contributed by atoms with Gasteiger partial charge in [-0.1, -0.05) is 35.9 Å². The molecule has 1 aliphatic rings. The average molecular weight is 268 g/mol. The lowest BCUT2D eigenvalue weighted by atomic mass is 10.2. The first-order chi connectivity index (χ1) is 8.75.